The molecule has 0 aliphatic heterocycles. The lowest BCUT2D eigenvalue weighted by molar-refractivity contribution is 0.0967. The van der Waals surface area contributed by atoms with Crippen LogP contribution in [0.2, 0.25) is 0 Å². The van der Waals surface area contributed by atoms with Crippen molar-refractivity contribution in [3.8, 4) is 0 Å². The minimum absolute atomic E-state index is 0.0761. The Balaban J connectivity index is 2.24. The molecule has 0 saturated heterocycles. The average Bonchev–Trinajstić information content (AvgIpc) is 2.24. The van der Waals surface area contributed by atoms with Gasteiger partial charge < -0.3 is 10.5 Å². The zero-order valence-corrected chi connectivity index (χ0v) is 10.4. The van der Waals surface area contributed by atoms with Crippen LogP contribution in [-0.4, -0.2) is 18.8 Å². The first-order valence-corrected chi connectivity index (χ1v) is 6.57. The highest BCUT2D eigenvalue weighted by Gasteiger charge is 2.31. The summed E-state index contributed by atoms with van der Waals surface area (Å²) in [5, 5.41) is 0. The molecule has 2 unspecified atom stereocenters. The maximum Gasteiger partial charge on any atom is 0.0483 e. The molecule has 0 aromatic heterocycles. The topological polar surface area (TPSA) is 35.2 Å². The Hall–Kier alpha value is -0.0800. The van der Waals surface area contributed by atoms with E-state index in [4.69, 9.17) is 10.5 Å². The normalized spacial score (nSPS) is 31.8. The lowest BCUT2D eigenvalue weighted by Gasteiger charge is -2.37. The number of nitrogens with two attached hydrogens (primary N) is 1. The van der Waals surface area contributed by atoms with Crippen LogP contribution in [0.3, 0.4) is 0 Å². The molecule has 0 bridgehead atoms. The Labute approximate surface area is 94.6 Å². The van der Waals surface area contributed by atoms with Crippen LogP contribution in [0.1, 0.15) is 58.8 Å². The molecule has 0 radical (unpaired) electrons. The van der Waals surface area contributed by atoms with Crippen LogP contribution in [0.5, 0.6) is 0 Å². The molecule has 2 nitrogen and oxygen atoms in total. The van der Waals surface area contributed by atoms with E-state index in [1.54, 1.807) is 0 Å². The van der Waals surface area contributed by atoms with Gasteiger partial charge in [0.2, 0.25) is 0 Å². The molecular formula is C13H27NO. The maximum atomic E-state index is 6.43. The van der Waals surface area contributed by atoms with E-state index in [0.717, 1.165) is 32.0 Å². The third kappa shape index (κ3) is 4.52. The van der Waals surface area contributed by atoms with Crippen LogP contribution >= 0.6 is 0 Å². The van der Waals surface area contributed by atoms with Gasteiger partial charge in [-0.25, -0.2) is 0 Å². The Kier molecular flexibility index (Phi) is 5.62. The summed E-state index contributed by atoms with van der Waals surface area (Å²) in [6, 6.07) is 0. The third-order valence-corrected chi connectivity index (χ3v) is 3.65. The van der Waals surface area contributed by atoms with Crippen LogP contribution in [0.25, 0.3) is 0 Å². The smallest absolute Gasteiger partial charge is 0.0483 e. The fraction of sp³-hybridized carbons (Fsp3) is 1.00. The van der Waals surface area contributed by atoms with Crippen LogP contribution in [0, 0.1) is 5.92 Å². The van der Waals surface area contributed by atoms with Gasteiger partial charge in [0.25, 0.3) is 0 Å². The molecule has 15 heavy (non-hydrogen) atoms. The minimum Gasteiger partial charge on any atom is -0.381 e. The third-order valence-electron chi connectivity index (χ3n) is 3.65. The molecule has 90 valence electrons. The van der Waals surface area contributed by atoms with Crippen molar-refractivity contribution in [1.29, 1.82) is 0 Å². The Morgan fingerprint density at radius 1 is 1.33 bits per heavy atom. The Bertz CT molecular complexity index is 172. The van der Waals surface area contributed by atoms with Crippen molar-refractivity contribution in [2.45, 2.75) is 64.3 Å². The average molecular weight is 213 g/mol. The molecule has 2 heteroatoms. The van der Waals surface area contributed by atoms with Gasteiger partial charge in [0.05, 0.1) is 0 Å². The molecule has 1 aliphatic carbocycles. The maximum absolute atomic E-state index is 6.43. The summed E-state index contributed by atoms with van der Waals surface area (Å²) in [6.45, 7) is 6.16. The van der Waals surface area contributed by atoms with Crippen LogP contribution < -0.4 is 5.73 Å². The van der Waals surface area contributed by atoms with Gasteiger partial charge in [-0.15, -0.1) is 0 Å². The van der Waals surface area contributed by atoms with Crippen LogP contribution in [-0.2, 0) is 4.74 Å². The largest absolute Gasteiger partial charge is 0.381 e. The molecule has 1 rings (SSSR count). The predicted octanol–water partition coefficient (Wildman–Crippen LogP) is 3.10. The second kappa shape index (κ2) is 6.49. The minimum atomic E-state index is 0.0761. The van der Waals surface area contributed by atoms with Crippen LogP contribution in [0.4, 0.5) is 0 Å². The van der Waals surface area contributed by atoms with E-state index in [9.17, 15) is 0 Å². The SMILES string of the molecule is CCCOCCC1(N)CCCC(CC)C1. The van der Waals surface area contributed by atoms with Gasteiger partial charge in [-0.2, -0.15) is 0 Å². The van der Waals surface area contributed by atoms with Gasteiger partial charge in [0, 0.05) is 18.8 Å². The summed E-state index contributed by atoms with van der Waals surface area (Å²) in [4.78, 5) is 0. The van der Waals surface area contributed by atoms with E-state index in [2.05, 4.69) is 13.8 Å². The lowest BCUT2D eigenvalue weighted by atomic mass is 9.74. The van der Waals surface area contributed by atoms with Gasteiger partial charge in [-0.3, -0.25) is 0 Å². The van der Waals surface area contributed by atoms with Gasteiger partial charge in [-0.1, -0.05) is 33.1 Å². The number of ether oxygens (including phenoxy) is 1. The molecule has 0 aromatic rings. The van der Waals surface area contributed by atoms with Crippen molar-refractivity contribution in [1.82, 2.24) is 0 Å². The molecule has 0 spiro atoms. The molecule has 0 amide bonds. The molecule has 2 atom stereocenters. The second-order valence-electron chi connectivity index (χ2n) is 5.10. The summed E-state index contributed by atoms with van der Waals surface area (Å²) in [6.07, 6.45) is 8.53. The predicted molar refractivity (Wildman–Crippen MR) is 64.9 cm³/mol. The molecule has 0 heterocycles. The molecule has 1 fully saturated rings. The van der Waals surface area contributed by atoms with E-state index < -0.39 is 0 Å². The van der Waals surface area contributed by atoms with Crippen LogP contribution in [0.15, 0.2) is 0 Å². The van der Waals surface area contributed by atoms with Gasteiger partial charge in [0.1, 0.15) is 0 Å². The molecular weight excluding hydrogens is 186 g/mol. The van der Waals surface area contributed by atoms with Gasteiger partial charge in [0.15, 0.2) is 0 Å². The molecule has 0 aromatic carbocycles. The first kappa shape index (κ1) is 13.0. The summed E-state index contributed by atoms with van der Waals surface area (Å²) in [7, 11) is 0. The van der Waals surface area contributed by atoms with E-state index in [-0.39, 0.29) is 5.54 Å². The quantitative estimate of drug-likeness (QED) is 0.688. The number of hydrogen-bond acceptors (Lipinski definition) is 2. The first-order chi connectivity index (χ1) is 7.20. The molecule has 1 saturated carbocycles. The standard InChI is InChI=1S/C13H27NO/c1-3-9-15-10-8-13(14)7-5-6-12(4-2)11-13/h12H,3-11,14H2,1-2H3. The van der Waals surface area contributed by atoms with Crippen molar-refractivity contribution in [2.75, 3.05) is 13.2 Å². The van der Waals surface area contributed by atoms with E-state index >= 15 is 0 Å². The van der Waals surface area contributed by atoms with Gasteiger partial charge >= 0.3 is 0 Å². The van der Waals surface area contributed by atoms with E-state index in [1.807, 2.05) is 0 Å². The molecule has 2 N–H and O–H groups in total. The zero-order valence-electron chi connectivity index (χ0n) is 10.4. The van der Waals surface area contributed by atoms with Crippen molar-refractivity contribution in [2.24, 2.45) is 11.7 Å². The highest BCUT2D eigenvalue weighted by molar-refractivity contribution is 4.90. The van der Waals surface area contributed by atoms with Crippen molar-refractivity contribution >= 4 is 0 Å². The van der Waals surface area contributed by atoms with Crippen molar-refractivity contribution in [3.63, 3.8) is 0 Å². The lowest BCUT2D eigenvalue weighted by Crippen LogP contribution is -2.45. The van der Waals surface area contributed by atoms with Crippen molar-refractivity contribution in [3.05, 3.63) is 0 Å². The summed E-state index contributed by atoms with van der Waals surface area (Å²) in [5.41, 5.74) is 6.50. The fourth-order valence-corrected chi connectivity index (χ4v) is 2.62. The highest BCUT2D eigenvalue weighted by atomic mass is 16.5. The van der Waals surface area contributed by atoms with Gasteiger partial charge in [-0.05, 0) is 31.6 Å². The molecule has 1 aliphatic rings. The Morgan fingerprint density at radius 2 is 2.13 bits per heavy atom. The fourth-order valence-electron chi connectivity index (χ4n) is 2.62. The first-order valence-electron chi connectivity index (χ1n) is 6.57. The second-order valence-corrected chi connectivity index (χ2v) is 5.10. The van der Waals surface area contributed by atoms with Crippen molar-refractivity contribution < 1.29 is 4.74 Å². The monoisotopic (exact) mass is 213 g/mol. The zero-order chi connectivity index (χ0) is 11.1. The summed E-state index contributed by atoms with van der Waals surface area (Å²) >= 11 is 0. The van der Waals surface area contributed by atoms with E-state index in [1.165, 1.54) is 32.1 Å². The Morgan fingerprint density at radius 3 is 2.80 bits per heavy atom. The highest BCUT2D eigenvalue weighted by Crippen LogP contribution is 2.34. The number of rotatable bonds is 6. The summed E-state index contributed by atoms with van der Waals surface area (Å²) in [5.74, 6) is 0.856. The van der Waals surface area contributed by atoms with E-state index in [0.29, 0.717) is 0 Å². The summed E-state index contributed by atoms with van der Waals surface area (Å²) < 4.78 is 5.54. The number of hydrogen-bond donors (Lipinski definition) is 1.